The van der Waals surface area contributed by atoms with Crippen LogP contribution in [0.5, 0.6) is 0 Å². The van der Waals surface area contributed by atoms with E-state index in [-0.39, 0.29) is 5.41 Å². The summed E-state index contributed by atoms with van der Waals surface area (Å²) in [6.07, 6.45) is 0.458. The molecule has 3 N–H and O–H groups in total. The normalized spacial score (nSPS) is 17.8. The summed E-state index contributed by atoms with van der Waals surface area (Å²) in [5.74, 6) is 0. The van der Waals surface area contributed by atoms with Gasteiger partial charge < -0.3 is 10.8 Å². The van der Waals surface area contributed by atoms with Crippen LogP contribution in [0.25, 0.3) is 0 Å². The van der Waals surface area contributed by atoms with Crippen molar-refractivity contribution in [1.29, 1.82) is 0 Å². The lowest BCUT2D eigenvalue weighted by Crippen LogP contribution is -2.33. The number of thiophene rings is 1. The zero-order chi connectivity index (χ0) is 10.8. The first-order valence-electron chi connectivity index (χ1n) is 4.97. The van der Waals surface area contributed by atoms with Crippen molar-refractivity contribution in [3.05, 3.63) is 21.9 Å². The van der Waals surface area contributed by atoms with Gasteiger partial charge >= 0.3 is 0 Å². The van der Waals surface area contributed by atoms with Gasteiger partial charge in [0.1, 0.15) is 0 Å². The summed E-state index contributed by atoms with van der Waals surface area (Å²) in [7, 11) is 0. The van der Waals surface area contributed by atoms with E-state index in [1.807, 2.05) is 25.3 Å². The molecule has 0 bridgehead atoms. The van der Waals surface area contributed by atoms with Crippen LogP contribution in [0.3, 0.4) is 0 Å². The maximum atomic E-state index is 10.2. The molecular formula is C11H19NOS. The van der Waals surface area contributed by atoms with Crippen LogP contribution >= 0.6 is 11.3 Å². The average molecular weight is 213 g/mol. The standard InChI is InChI=1S/C11H19NOS/c1-4-11(3,7-12)10(13)9-8(2)5-6-14-9/h5-6,10,13H,4,7,12H2,1-3H3. The van der Waals surface area contributed by atoms with Crippen LogP contribution in [0.4, 0.5) is 0 Å². The topological polar surface area (TPSA) is 46.2 Å². The van der Waals surface area contributed by atoms with Crippen LogP contribution in [0.1, 0.15) is 36.8 Å². The van der Waals surface area contributed by atoms with Crippen molar-refractivity contribution in [3.8, 4) is 0 Å². The van der Waals surface area contributed by atoms with Gasteiger partial charge in [0.15, 0.2) is 0 Å². The van der Waals surface area contributed by atoms with Crippen LogP contribution in [0.15, 0.2) is 11.4 Å². The van der Waals surface area contributed by atoms with Crippen molar-refractivity contribution < 1.29 is 5.11 Å². The minimum atomic E-state index is -0.433. The quantitative estimate of drug-likeness (QED) is 0.807. The molecule has 2 atom stereocenters. The largest absolute Gasteiger partial charge is 0.387 e. The monoisotopic (exact) mass is 213 g/mol. The Hall–Kier alpha value is -0.380. The van der Waals surface area contributed by atoms with Gasteiger partial charge in [-0.05, 0) is 30.4 Å². The number of aliphatic hydroxyl groups is 1. The van der Waals surface area contributed by atoms with E-state index in [1.165, 1.54) is 0 Å². The molecular weight excluding hydrogens is 194 g/mol. The highest BCUT2D eigenvalue weighted by Crippen LogP contribution is 2.39. The summed E-state index contributed by atoms with van der Waals surface area (Å²) in [5, 5.41) is 12.3. The van der Waals surface area contributed by atoms with Gasteiger partial charge in [0.05, 0.1) is 6.10 Å². The van der Waals surface area contributed by atoms with Gasteiger partial charge in [-0.15, -0.1) is 11.3 Å². The third-order valence-corrected chi connectivity index (χ3v) is 4.16. The van der Waals surface area contributed by atoms with Gasteiger partial charge in [0.25, 0.3) is 0 Å². The van der Waals surface area contributed by atoms with E-state index in [1.54, 1.807) is 11.3 Å². The molecule has 1 aromatic heterocycles. The summed E-state index contributed by atoms with van der Waals surface area (Å²) >= 11 is 1.61. The summed E-state index contributed by atoms with van der Waals surface area (Å²) in [5.41, 5.74) is 6.68. The maximum absolute atomic E-state index is 10.2. The summed E-state index contributed by atoms with van der Waals surface area (Å²) in [6, 6.07) is 2.04. The first kappa shape index (κ1) is 11.7. The molecule has 3 heteroatoms. The molecule has 0 saturated heterocycles. The van der Waals surface area contributed by atoms with Crippen LogP contribution < -0.4 is 5.73 Å². The van der Waals surface area contributed by atoms with E-state index in [4.69, 9.17) is 5.73 Å². The number of hydrogen-bond donors (Lipinski definition) is 2. The Labute approximate surface area is 89.8 Å². The molecule has 14 heavy (non-hydrogen) atoms. The summed E-state index contributed by atoms with van der Waals surface area (Å²) in [6.45, 7) is 6.65. The fourth-order valence-corrected chi connectivity index (χ4v) is 2.52. The zero-order valence-electron chi connectivity index (χ0n) is 9.08. The Morgan fingerprint density at radius 3 is 2.64 bits per heavy atom. The molecule has 0 aliphatic rings. The second-order valence-corrected chi connectivity index (χ2v) is 5.03. The molecule has 0 radical (unpaired) electrons. The van der Waals surface area contributed by atoms with Crippen LogP contribution in [0.2, 0.25) is 0 Å². The number of hydrogen-bond acceptors (Lipinski definition) is 3. The predicted octanol–water partition coefficient (Wildman–Crippen LogP) is 2.46. The summed E-state index contributed by atoms with van der Waals surface area (Å²) < 4.78 is 0. The highest BCUT2D eigenvalue weighted by molar-refractivity contribution is 7.10. The average Bonchev–Trinajstić information content (AvgIpc) is 2.62. The molecule has 0 spiro atoms. The smallest absolute Gasteiger partial charge is 0.0949 e. The second kappa shape index (κ2) is 4.43. The van der Waals surface area contributed by atoms with Crippen molar-refractivity contribution in [3.63, 3.8) is 0 Å². The van der Waals surface area contributed by atoms with Crippen molar-refractivity contribution in [2.75, 3.05) is 6.54 Å². The molecule has 0 fully saturated rings. The third-order valence-electron chi connectivity index (χ3n) is 3.08. The Morgan fingerprint density at radius 2 is 2.29 bits per heavy atom. The molecule has 1 aromatic rings. The number of aryl methyl sites for hydroxylation is 1. The molecule has 0 amide bonds. The fourth-order valence-electron chi connectivity index (χ4n) is 1.43. The Kier molecular flexibility index (Phi) is 3.70. The van der Waals surface area contributed by atoms with Crippen molar-refractivity contribution in [1.82, 2.24) is 0 Å². The number of rotatable bonds is 4. The SMILES string of the molecule is CCC(C)(CN)C(O)c1sccc1C. The van der Waals surface area contributed by atoms with E-state index in [9.17, 15) is 5.11 Å². The minimum absolute atomic E-state index is 0.199. The molecule has 1 rings (SSSR count). The van der Waals surface area contributed by atoms with E-state index in [2.05, 4.69) is 6.92 Å². The van der Waals surface area contributed by atoms with Gasteiger partial charge in [-0.2, -0.15) is 0 Å². The lowest BCUT2D eigenvalue weighted by atomic mass is 9.80. The predicted molar refractivity (Wildman–Crippen MR) is 61.5 cm³/mol. The highest BCUT2D eigenvalue weighted by Gasteiger charge is 2.32. The zero-order valence-corrected chi connectivity index (χ0v) is 9.90. The van der Waals surface area contributed by atoms with Gasteiger partial charge in [-0.1, -0.05) is 13.8 Å². The Balaban J connectivity index is 2.94. The van der Waals surface area contributed by atoms with Gasteiger partial charge in [0.2, 0.25) is 0 Å². The molecule has 2 nitrogen and oxygen atoms in total. The van der Waals surface area contributed by atoms with E-state index in [0.29, 0.717) is 6.54 Å². The molecule has 80 valence electrons. The molecule has 0 aliphatic carbocycles. The van der Waals surface area contributed by atoms with Crippen molar-refractivity contribution in [2.45, 2.75) is 33.3 Å². The molecule has 0 saturated carbocycles. The van der Waals surface area contributed by atoms with Crippen LogP contribution in [0, 0.1) is 12.3 Å². The van der Waals surface area contributed by atoms with Gasteiger partial charge in [0, 0.05) is 16.8 Å². The van der Waals surface area contributed by atoms with Gasteiger partial charge in [-0.25, -0.2) is 0 Å². The first-order valence-corrected chi connectivity index (χ1v) is 5.85. The van der Waals surface area contributed by atoms with Crippen LogP contribution in [-0.2, 0) is 0 Å². The Bertz CT molecular complexity index is 291. The fraction of sp³-hybridized carbons (Fsp3) is 0.636. The van der Waals surface area contributed by atoms with E-state index >= 15 is 0 Å². The van der Waals surface area contributed by atoms with E-state index < -0.39 is 6.10 Å². The highest BCUT2D eigenvalue weighted by atomic mass is 32.1. The lowest BCUT2D eigenvalue weighted by molar-refractivity contribution is 0.0416. The van der Waals surface area contributed by atoms with Crippen LogP contribution in [-0.4, -0.2) is 11.7 Å². The molecule has 0 aliphatic heterocycles. The first-order chi connectivity index (χ1) is 6.55. The Morgan fingerprint density at radius 1 is 1.64 bits per heavy atom. The summed E-state index contributed by atoms with van der Waals surface area (Å²) in [4.78, 5) is 1.06. The van der Waals surface area contributed by atoms with Crippen molar-refractivity contribution >= 4 is 11.3 Å². The van der Waals surface area contributed by atoms with E-state index in [0.717, 1.165) is 16.9 Å². The molecule has 1 heterocycles. The van der Waals surface area contributed by atoms with Gasteiger partial charge in [-0.3, -0.25) is 0 Å². The second-order valence-electron chi connectivity index (χ2n) is 4.08. The number of nitrogens with two attached hydrogens (primary N) is 1. The number of aliphatic hydroxyl groups excluding tert-OH is 1. The molecule has 2 unspecified atom stereocenters. The minimum Gasteiger partial charge on any atom is -0.387 e. The molecule has 0 aromatic carbocycles. The lowest BCUT2D eigenvalue weighted by Gasteiger charge is -2.32. The maximum Gasteiger partial charge on any atom is 0.0949 e. The third kappa shape index (κ3) is 2.00. The van der Waals surface area contributed by atoms with Crippen molar-refractivity contribution in [2.24, 2.45) is 11.1 Å².